The van der Waals surface area contributed by atoms with Crippen LogP contribution in [0.15, 0.2) is 0 Å². The molecule has 19 heavy (non-hydrogen) atoms. The molecule has 1 N–H and O–H groups in total. The normalized spacial score (nSPS) is 22.4. The van der Waals surface area contributed by atoms with Gasteiger partial charge in [-0.1, -0.05) is 0 Å². The van der Waals surface area contributed by atoms with E-state index in [1.807, 2.05) is 0 Å². The summed E-state index contributed by atoms with van der Waals surface area (Å²) in [6, 6.07) is 2.11. The molecule has 1 aliphatic heterocycles. The molecule has 1 rings (SSSR count). The fourth-order valence-electron chi connectivity index (χ4n) is 2.73. The molecule has 1 fully saturated rings. The molecule has 114 valence electrons. The minimum Gasteiger partial charge on any atom is -0.314 e. The van der Waals surface area contributed by atoms with Crippen molar-refractivity contribution in [3.63, 3.8) is 0 Å². The van der Waals surface area contributed by atoms with Gasteiger partial charge in [-0.15, -0.1) is 0 Å². The Labute approximate surface area is 120 Å². The fraction of sp³-hybridized carbons (Fsp3) is 1.00. The van der Waals surface area contributed by atoms with Crippen molar-refractivity contribution >= 4 is 0 Å². The van der Waals surface area contributed by atoms with Gasteiger partial charge < -0.3 is 15.1 Å². The zero-order chi connectivity index (χ0) is 14.3. The van der Waals surface area contributed by atoms with Crippen molar-refractivity contribution in [1.29, 1.82) is 0 Å². The van der Waals surface area contributed by atoms with E-state index in [9.17, 15) is 0 Å². The topological polar surface area (TPSA) is 18.5 Å². The molecule has 0 spiro atoms. The highest BCUT2D eigenvalue weighted by atomic mass is 15.2. The number of rotatable bonds is 7. The van der Waals surface area contributed by atoms with Crippen LogP contribution in [0.25, 0.3) is 0 Å². The lowest BCUT2D eigenvalue weighted by atomic mass is 10.1. The van der Waals surface area contributed by atoms with Crippen molar-refractivity contribution in [3.05, 3.63) is 0 Å². The van der Waals surface area contributed by atoms with Gasteiger partial charge in [0.1, 0.15) is 0 Å². The monoisotopic (exact) mass is 269 g/mol. The van der Waals surface area contributed by atoms with Crippen molar-refractivity contribution in [2.45, 2.75) is 71.5 Å². The van der Waals surface area contributed by atoms with Crippen LogP contribution in [-0.2, 0) is 0 Å². The number of nitrogens with one attached hydrogen (secondary N) is 1. The molecule has 0 radical (unpaired) electrons. The van der Waals surface area contributed by atoms with E-state index >= 15 is 0 Å². The molecule has 0 amide bonds. The maximum absolute atomic E-state index is 3.76. The molecular formula is C16H35N3. The van der Waals surface area contributed by atoms with Crippen molar-refractivity contribution < 1.29 is 0 Å². The van der Waals surface area contributed by atoms with Gasteiger partial charge in [0.15, 0.2) is 0 Å². The van der Waals surface area contributed by atoms with E-state index in [2.05, 4.69) is 49.9 Å². The van der Waals surface area contributed by atoms with E-state index in [4.69, 9.17) is 0 Å². The summed E-state index contributed by atoms with van der Waals surface area (Å²) in [4.78, 5) is 5.05. The van der Waals surface area contributed by atoms with Gasteiger partial charge in [0.05, 0.1) is 0 Å². The summed E-state index contributed by atoms with van der Waals surface area (Å²) in [5.74, 6) is 0. The van der Waals surface area contributed by atoms with Crippen LogP contribution in [-0.4, -0.2) is 61.2 Å². The number of likely N-dealkylation sites (tertiary alicyclic amines) is 1. The van der Waals surface area contributed by atoms with Crippen molar-refractivity contribution in [3.8, 4) is 0 Å². The van der Waals surface area contributed by atoms with E-state index < -0.39 is 0 Å². The summed E-state index contributed by atoms with van der Waals surface area (Å²) in [5.41, 5.74) is 0. The molecule has 0 aliphatic carbocycles. The lowest BCUT2D eigenvalue weighted by Crippen LogP contribution is -2.35. The Morgan fingerprint density at radius 3 is 2.53 bits per heavy atom. The SMILES string of the molecule is CC(C)N(C)CCCNC1CCCN(C(C)C)CC1. The number of hydrogen-bond donors (Lipinski definition) is 1. The van der Waals surface area contributed by atoms with Crippen molar-refractivity contribution in [2.24, 2.45) is 0 Å². The Hall–Kier alpha value is -0.120. The van der Waals surface area contributed by atoms with Gasteiger partial charge in [-0.05, 0) is 86.6 Å². The molecule has 1 atom stereocenters. The van der Waals surface area contributed by atoms with Crippen LogP contribution in [0.3, 0.4) is 0 Å². The summed E-state index contributed by atoms with van der Waals surface area (Å²) in [5, 5.41) is 3.76. The summed E-state index contributed by atoms with van der Waals surface area (Å²) in [7, 11) is 2.22. The first-order valence-corrected chi connectivity index (χ1v) is 8.18. The summed E-state index contributed by atoms with van der Waals surface area (Å²) in [6.45, 7) is 14.1. The highest BCUT2D eigenvalue weighted by Gasteiger charge is 2.17. The summed E-state index contributed by atoms with van der Waals surface area (Å²) in [6.07, 6.45) is 5.28. The molecule has 0 saturated carbocycles. The van der Waals surface area contributed by atoms with Gasteiger partial charge in [-0.2, -0.15) is 0 Å². The second kappa shape index (κ2) is 8.93. The maximum Gasteiger partial charge on any atom is 0.00797 e. The van der Waals surface area contributed by atoms with Gasteiger partial charge in [-0.25, -0.2) is 0 Å². The van der Waals surface area contributed by atoms with Crippen molar-refractivity contribution in [2.75, 3.05) is 33.2 Å². The van der Waals surface area contributed by atoms with E-state index in [0.717, 1.165) is 6.04 Å². The van der Waals surface area contributed by atoms with Crippen LogP contribution >= 0.6 is 0 Å². The Balaban J connectivity index is 2.13. The molecule has 3 nitrogen and oxygen atoms in total. The summed E-state index contributed by atoms with van der Waals surface area (Å²) >= 11 is 0. The Bertz CT molecular complexity index is 228. The van der Waals surface area contributed by atoms with E-state index in [1.165, 1.54) is 51.9 Å². The standard InChI is InChI=1S/C16H35N3/c1-14(2)18(5)11-7-10-17-16-8-6-12-19(13-9-16)15(3)4/h14-17H,6-13H2,1-5H3. The molecule has 0 aromatic heterocycles. The molecular weight excluding hydrogens is 234 g/mol. The highest BCUT2D eigenvalue weighted by Crippen LogP contribution is 2.13. The second-order valence-corrected chi connectivity index (χ2v) is 6.64. The third-order valence-corrected chi connectivity index (χ3v) is 4.50. The lowest BCUT2D eigenvalue weighted by Gasteiger charge is -2.24. The van der Waals surface area contributed by atoms with E-state index in [-0.39, 0.29) is 0 Å². The zero-order valence-electron chi connectivity index (χ0n) is 13.8. The molecule has 1 aliphatic rings. The largest absolute Gasteiger partial charge is 0.314 e. The first-order chi connectivity index (χ1) is 9.00. The van der Waals surface area contributed by atoms with Gasteiger partial charge >= 0.3 is 0 Å². The number of hydrogen-bond acceptors (Lipinski definition) is 3. The van der Waals surface area contributed by atoms with Crippen LogP contribution < -0.4 is 5.32 Å². The first kappa shape index (κ1) is 16.9. The predicted molar refractivity (Wildman–Crippen MR) is 84.7 cm³/mol. The average molecular weight is 269 g/mol. The molecule has 0 aromatic carbocycles. The lowest BCUT2D eigenvalue weighted by molar-refractivity contribution is 0.228. The highest BCUT2D eigenvalue weighted by molar-refractivity contribution is 4.76. The molecule has 1 heterocycles. The van der Waals surface area contributed by atoms with Crippen LogP contribution in [0.1, 0.15) is 53.4 Å². The zero-order valence-corrected chi connectivity index (χ0v) is 13.8. The first-order valence-electron chi connectivity index (χ1n) is 8.18. The molecule has 1 saturated heterocycles. The Morgan fingerprint density at radius 2 is 1.89 bits per heavy atom. The molecule has 0 aromatic rings. The van der Waals surface area contributed by atoms with Crippen LogP contribution in [0, 0.1) is 0 Å². The Kier molecular flexibility index (Phi) is 7.96. The predicted octanol–water partition coefficient (Wildman–Crippen LogP) is 2.57. The molecule has 0 bridgehead atoms. The van der Waals surface area contributed by atoms with Gasteiger partial charge in [-0.3, -0.25) is 0 Å². The van der Waals surface area contributed by atoms with Gasteiger partial charge in [0, 0.05) is 18.1 Å². The Morgan fingerprint density at radius 1 is 1.16 bits per heavy atom. The van der Waals surface area contributed by atoms with Crippen LogP contribution in [0.4, 0.5) is 0 Å². The van der Waals surface area contributed by atoms with Crippen molar-refractivity contribution in [1.82, 2.24) is 15.1 Å². The maximum atomic E-state index is 3.76. The minimum absolute atomic E-state index is 0.664. The average Bonchev–Trinajstić information content (AvgIpc) is 2.59. The van der Waals surface area contributed by atoms with Gasteiger partial charge in [0.25, 0.3) is 0 Å². The fourth-order valence-corrected chi connectivity index (χ4v) is 2.73. The minimum atomic E-state index is 0.664. The van der Waals surface area contributed by atoms with Gasteiger partial charge in [0.2, 0.25) is 0 Å². The number of nitrogens with zero attached hydrogens (tertiary/aromatic N) is 2. The summed E-state index contributed by atoms with van der Waals surface area (Å²) < 4.78 is 0. The van der Waals surface area contributed by atoms with E-state index in [0.29, 0.717) is 12.1 Å². The third kappa shape index (κ3) is 6.73. The molecule has 3 heteroatoms. The second-order valence-electron chi connectivity index (χ2n) is 6.64. The molecule has 1 unspecified atom stereocenters. The van der Waals surface area contributed by atoms with Crippen LogP contribution in [0.5, 0.6) is 0 Å². The smallest absolute Gasteiger partial charge is 0.00797 e. The quantitative estimate of drug-likeness (QED) is 0.717. The third-order valence-electron chi connectivity index (χ3n) is 4.50. The van der Waals surface area contributed by atoms with Crippen LogP contribution in [0.2, 0.25) is 0 Å². The van der Waals surface area contributed by atoms with E-state index in [1.54, 1.807) is 0 Å².